The number of β-amino-alcohol motifs (C(OH)–C–C–N with tert-alkyl or cyclic N) is 1. The van der Waals surface area contributed by atoms with E-state index in [0.29, 0.717) is 37.1 Å². The minimum absolute atomic E-state index is 0.0457. The van der Waals surface area contributed by atoms with E-state index in [1.807, 2.05) is 29.6 Å². The number of amides is 2. The normalized spacial score (nSPS) is 18.4. The molecule has 0 bridgehead atoms. The Hall–Kier alpha value is -3.14. The lowest BCUT2D eigenvalue weighted by molar-refractivity contribution is -0.131. The zero-order valence-electron chi connectivity index (χ0n) is 19.4. The van der Waals surface area contributed by atoms with Crippen LogP contribution in [-0.4, -0.2) is 64.5 Å². The first-order chi connectivity index (χ1) is 16.9. The van der Waals surface area contributed by atoms with Gasteiger partial charge in [0.1, 0.15) is 10.8 Å². The number of anilines is 1. The maximum atomic E-state index is 14.7. The number of thiazole rings is 1. The highest BCUT2D eigenvalue weighted by atomic mass is 32.1. The van der Waals surface area contributed by atoms with Crippen molar-refractivity contribution in [3.05, 3.63) is 70.5 Å². The van der Waals surface area contributed by atoms with E-state index in [1.54, 1.807) is 18.1 Å². The molecule has 2 aromatic carbocycles. The smallest absolute Gasteiger partial charge is 0.228 e. The summed E-state index contributed by atoms with van der Waals surface area (Å²) in [6, 6.07) is 10.0. The zero-order valence-corrected chi connectivity index (χ0v) is 20.2. The monoisotopic (exact) mass is 494 g/mol. The topological polar surface area (TPSA) is 85.8 Å². The van der Waals surface area contributed by atoms with E-state index >= 15 is 0 Å². The standard InChI is InChI=1S/C26H27FN4O3S/c1-30(25(34)9-16-2-3-17-13-24(33)29-22(17)8-16)23(15-31-6-4-21(32)14-31)18-10-19(12-20(27)11-18)26-28-5-7-35-26/h2-3,5,7-8,10-12,21,23,32H,4,6,9,13-15H2,1H3,(H,29,33)/t21?,23-/m1/s1. The molecule has 1 saturated heterocycles. The van der Waals surface area contributed by atoms with Crippen LogP contribution >= 0.6 is 11.3 Å². The van der Waals surface area contributed by atoms with Crippen molar-refractivity contribution in [1.29, 1.82) is 0 Å². The lowest BCUT2D eigenvalue weighted by atomic mass is 10.0. The first-order valence-corrected chi connectivity index (χ1v) is 12.5. The molecular formula is C26H27FN4O3S. The Morgan fingerprint density at radius 2 is 2.20 bits per heavy atom. The number of hydrogen-bond donors (Lipinski definition) is 2. The average Bonchev–Trinajstić information content (AvgIpc) is 3.57. The van der Waals surface area contributed by atoms with Crippen LogP contribution in [0.5, 0.6) is 0 Å². The van der Waals surface area contributed by atoms with E-state index in [9.17, 15) is 19.1 Å². The van der Waals surface area contributed by atoms with Crippen molar-refractivity contribution in [2.45, 2.75) is 31.4 Å². The Morgan fingerprint density at radius 1 is 1.34 bits per heavy atom. The number of hydrogen-bond acceptors (Lipinski definition) is 6. The second-order valence-corrected chi connectivity index (χ2v) is 10.1. The predicted octanol–water partition coefficient (Wildman–Crippen LogP) is 3.25. The number of aliphatic hydroxyl groups excluding tert-OH is 1. The van der Waals surface area contributed by atoms with Crippen LogP contribution in [-0.2, 0) is 22.4 Å². The quantitative estimate of drug-likeness (QED) is 0.527. The number of likely N-dealkylation sites (tertiary alicyclic amines) is 1. The summed E-state index contributed by atoms with van der Waals surface area (Å²) >= 11 is 1.43. The van der Waals surface area contributed by atoms with Crippen LogP contribution in [0.25, 0.3) is 10.6 Å². The second kappa shape index (κ2) is 9.85. The molecule has 2 N–H and O–H groups in total. The second-order valence-electron chi connectivity index (χ2n) is 9.23. The Balaban J connectivity index is 1.41. The molecule has 0 saturated carbocycles. The van der Waals surface area contributed by atoms with Gasteiger partial charge in [-0.1, -0.05) is 12.1 Å². The summed E-state index contributed by atoms with van der Waals surface area (Å²) in [5.41, 5.74) is 3.86. The first kappa shape index (κ1) is 23.6. The SMILES string of the molecule is CN(C(=O)Cc1ccc2c(c1)NC(=O)C2)[C@H](CN1CCC(O)C1)c1cc(F)cc(-c2nccs2)c1. The molecule has 0 spiro atoms. The number of likely N-dealkylation sites (N-methyl/N-ethyl adjacent to an activating group) is 1. The molecule has 35 heavy (non-hydrogen) atoms. The van der Waals surface area contributed by atoms with Crippen LogP contribution in [0, 0.1) is 5.82 Å². The lowest BCUT2D eigenvalue weighted by Crippen LogP contribution is -2.39. The van der Waals surface area contributed by atoms with Crippen LogP contribution in [0.1, 0.15) is 29.2 Å². The molecule has 7 nitrogen and oxygen atoms in total. The van der Waals surface area contributed by atoms with Crippen molar-refractivity contribution in [1.82, 2.24) is 14.8 Å². The highest BCUT2D eigenvalue weighted by Gasteiger charge is 2.29. The molecule has 9 heteroatoms. The van der Waals surface area contributed by atoms with Gasteiger partial charge in [0.15, 0.2) is 0 Å². The molecule has 2 atom stereocenters. The number of carbonyl (C=O) groups excluding carboxylic acids is 2. The molecule has 1 aromatic heterocycles. The third kappa shape index (κ3) is 5.27. The molecule has 182 valence electrons. The van der Waals surface area contributed by atoms with E-state index in [1.165, 1.54) is 23.5 Å². The van der Waals surface area contributed by atoms with Crippen molar-refractivity contribution in [3.63, 3.8) is 0 Å². The van der Waals surface area contributed by atoms with Gasteiger partial charge in [-0.05, 0) is 47.4 Å². The van der Waals surface area contributed by atoms with Crippen molar-refractivity contribution < 1.29 is 19.1 Å². The zero-order chi connectivity index (χ0) is 24.5. The van der Waals surface area contributed by atoms with Gasteiger partial charge in [-0.25, -0.2) is 9.37 Å². The summed E-state index contributed by atoms with van der Waals surface area (Å²) in [5.74, 6) is -0.538. The van der Waals surface area contributed by atoms with Gasteiger partial charge in [0.25, 0.3) is 0 Å². The van der Waals surface area contributed by atoms with Crippen molar-refractivity contribution in [3.8, 4) is 10.6 Å². The van der Waals surface area contributed by atoms with Gasteiger partial charge in [-0.3, -0.25) is 14.5 Å². The van der Waals surface area contributed by atoms with Crippen molar-refractivity contribution >= 4 is 28.8 Å². The molecule has 5 rings (SSSR count). The van der Waals surface area contributed by atoms with E-state index in [2.05, 4.69) is 15.2 Å². The summed E-state index contributed by atoms with van der Waals surface area (Å²) in [6.07, 6.45) is 2.49. The third-order valence-electron chi connectivity index (χ3n) is 6.68. The molecule has 2 amide bonds. The van der Waals surface area contributed by atoms with E-state index in [0.717, 1.165) is 28.4 Å². The number of nitrogens with one attached hydrogen (secondary N) is 1. The number of carbonyl (C=O) groups is 2. The number of aromatic nitrogens is 1. The largest absolute Gasteiger partial charge is 0.392 e. The van der Waals surface area contributed by atoms with Crippen LogP contribution in [0.15, 0.2) is 48.0 Å². The van der Waals surface area contributed by atoms with Gasteiger partial charge in [0.2, 0.25) is 11.8 Å². The molecule has 2 aliphatic rings. The number of halogens is 1. The lowest BCUT2D eigenvalue weighted by Gasteiger charge is -2.32. The van der Waals surface area contributed by atoms with Crippen molar-refractivity contribution in [2.24, 2.45) is 0 Å². The van der Waals surface area contributed by atoms with Gasteiger partial charge < -0.3 is 15.3 Å². The summed E-state index contributed by atoms with van der Waals surface area (Å²) < 4.78 is 14.7. The summed E-state index contributed by atoms with van der Waals surface area (Å²) in [6.45, 7) is 1.73. The minimum Gasteiger partial charge on any atom is -0.392 e. The van der Waals surface area contributed by atoms with Gasteiger partial charge in [0, 0.05) is 49.5 Å². The van der Waals surface area contributed by atoms with Gasteiger partial charge >= 0.3 is 0 Å². The summed E-state index contributed by atoms with van der Waals surface area (Å²) in [7, 11) is 1.74. The Bertz CT molecular complexity index is 1250. The van der Waals surface area contributed by atoms with Gasteiger partial charge in [-0.2, -0.15) is 0 Å². The predicted molar refractivity (Wildman–Crippen MR) is 133 cm³/mol. The fourth-order valence-electron chi connectivity index (χ4n) is 4.81. The number of aliphatic hydroxyl groups is 1. The maximum absolute atomic E-state index is 14.7. The van der Waals surface area contributed by atoms with Crippen LogP contribution in [0.2, 0.25) is 0 Å². The first-order valence-electron chi connectivity index (χ1n) is 11.6. The summed E-state index contributed by atoms with van der Waals surface area (Å²) in [4.78, 5) is 33.1. The minimum atomic E-state index is -0.406. The fourth-order valence-corrected chi connectivity index (χ4v) is 5.44. The van der Waals surface area contributed by atoms with Gasteiger partial charge in [-0.15, -0.1) is 11.3 Å². The summed E-state index contributed by atoms with van der Waals surface area (Å²) in [5, 5.41) is 15.4. The molecule has 3 aromatic rings. The van der Waals surface area contributed by atoms with E-state index in [-0.39, 0.29) is 24.1 Å². The third-order valence-corrected chi connectivity index (χ3v) is 7.50. The molecular weight excluding hydrogens is 467 g/mol. The number of benzene rings is 2. The molecule has 2 aliphatic heterocycles. The van der Waals surface area contributed by atoms with Crippen LogP contribution in [0.4, 0.5) is 10.1 Å². The number of fused-ring (bicyclic) bond motifs is 1. The van der Waals surface area contributed by atoms with Crippen LogP contribution < -0.4 is 5.32 Å². The number of rotatable bonds is 7. The Kier molecular flexibility index (Phi) is 6.64. The Morgan fingerprint density at radius 3 is 2.94 bits per heavy atom. The fraction of sp³-hybridized carbons (Fsp3) is 0.346. The molecule has 0 aliphatic carbocycles. The molecule has 3 heterocycles. The molecule has 1 unspecified atom stereocenters. The molecule has 0 radical (unpaired) electrons. The van der Waals surface area contributed by atoms with E-state index < -0.39 is 12.1 Å². The highest BCUT2D eigenvalue weighted by molar-refractivity contribution is 7.13. The number of nitrogens with zero attached hydrogens (tertiary/aromatic N) is 3. The Labute approximate surface area is 207 Å². The van der Waals surface area contributed by atoms with Crippen LogP contribution in [0.3, 0.4) is 0 Å². The van der Waals surface area contributed by atoms with Gasteiger partial charge in [0.05, 0.1) is 25.0 Å². The highest BCUT2D eigenvalue weighted by Crippen LogP contribution is 2.31. The maximum Gasteiger partial charge on any atom is 0.228 e. The van der Waals surface area contributed by atoms with Crippen molar-refractivity contribution in [2.75, 3.05) is 32.0 Å². The average molecular weight is 495 g/mol. The van der Waals surface area contributed by atoms with E-state index in [4.69, 9.17) is 0 Å². The molecule has 1 fully saturated rings.